The predicted molar refractivity (Wildman–Crippen MR) is 129 cm³/mol. The number of benzene rings is 3. The number of aromatic nitrogens is 1. The maximum Gasteiger partial charge on any atom is 0.360 e. The number of para-hydroxylation sites is 2. The highest BCUT2D eigenvalue weighted by molar-refractivity contribution is 9.10. The molecule has 0 saturated heterocycles. The number of H-pyrrole nitrogens is 1. The number of hydrogen-bond donors (Lipinski definition) is 3. The zero-order valence-corrected chi connectivity index (χ0v) is 19.2. The van der Waals surface area contributed by atoms with Crippen LogP contribution in [0, 0.1) is 0 Å². The van der Waals surface area contributed by atoms with E-state index in [1.165, 1.54) is 12.1 Å². The van der Waals surface area contributed by atoms with Gasteiger partial charge < -0.3 is 10.3 Å². The number of carbonyl (C=O) groups excluding carboxylic acids is 1. The lowest BCUT2D eigenvalue weighted by molar-refractivity contribution is -0.117. The lowest BCUT2D eigenvalue weighted by Crippen LogP contribution is -2.48. The molecule has 0 unspecified atom stereocenters. The van der Waals surface area contributed by atoms with Crippen molar-refractivity contribution in [3.63, 3.8) is 0 Å². The number of fused-ring (bicyclic) bond motifs is 1. The van der Waals surface area contributed by atoms with Gasteiger partial charge in [0, 0.05) is 33.7 Å². The molecule has 0 radical (unpaired) electrons. The summed E-state index contributed by atoms with van der Waals surface area (Å²) in [7, 11) is -4.78. The Bertz CT molecular complexity index is 1340. The van der Waals surface area contributed by atoms with Crippen molar-refractivity contribution in [3.05, 3.63) is 95.1 Å². The average Bonchev–Trinajstić information content (AvgIpc) is 3.17. The standard InChI is InChI=1S/C23H20BrN3O4S/c24-17-10-12-19(13-11-17)27(32(29,30)31)22(23(28)26-18-6-2-1-3-7-18)14-16-15-25-21-9-5-4-8-20(16)21/h1-13,15,22,25H,14H2,(H,26,28)(H,29,30,31)/t22-/m0/s1. The van der Waals surface area contributed by atoms with E-state index in [9.17, 15) is 17.8 Å². The number of aromatic amines is 1. The summed E-state index contributed by atoms with van der Waals surface area (Å²) in [4.78, 5) is 16.5. The first kappa shape index (κ1) is 22.1. The molecule has 0 aliphatic rings. The Morgan fingerprint density at radius 3 is 2.34 bits per heavy atom. The first-order chi connectivity index (χ1) is 15.3. The molecule has 9 heteroatoms. The van der Waals surface area contributed by atoms with Crippen molar-refractivity contribution >= 4 is 54.4 Å². The lowest BCUT2D eigenvalue weighted by atomic mass is 10.0. The Kier molecular flexibility index (Phi) is 6.31. The van der Waals surface area contributed by atoms with E-state index in [2.05, 4.69) is 26.2 Å². The van der Waals surface area contributed by atoms with Gasteiger partial charge in [-0.25, -0.2) is 4.31 Å². The van der Waals surface area contributed by atoms with Crippen molar-refractivity contribution in [2.75, 3.05) is 9.62 Å². The highest BCUT2D eigenvalue weighted by atomic mass is 79.9. The summed E-state index contributed by atoms with van der Waals surface area (Å²) in [6, 6.07) is 21.4. The van der Waals surface area contributed by atoms with Crippen molar-refractivity contribution in [2.24, 2.45) is 0 Å². The minimum absolute atomic E-state index is 0.0402. The molecule has 0 saturated carbocycles. The highest BCUT2D eigenvalue weighted by Crippen LogP contribution is 2.27. The molecular formula is C23H20BrN3O4S. The largest absolute Gasteiger partial charge is 0.361 e. The Hall–Kier alpha value is -3.14. The molecule has 3 N–H and O–H groups in total. The van der Waals surface area contributed by atoms with Gasteiger partial charge in [0.2, 0.25) is 5.91 Å². The van der Waals surface area contributed by atoms with Crippen LogP contribution in [-0.4, -0.2) is 29.9 Å². The second-order valence-corrected chi connectivity index (χ2v) is 9.39. The number of anilines is 2. The smallest absolute Gasteiger partial charge is 0.360 e. The molecule has 0 fully saturated rings. The molecule has 0 spiro atoms. The van der Waals surface area contributed by atoms with Crippen LogP contribution >= 0.6 is 15.9 Å². The summed E-state index contributed by atoms with van der Waals surface area (Å²) in [5.74, 6) is -0.568. The van der Waals surface area contributed by atoms with Crippen LogP contribution in [0.5, 0.6) is 0 Å². The van der Waals surface area contributed by atoms with Gasteiger partial charge in [-0.2, -0.15) is 8.42 Å². The minimum Gasteiger partial charge on any atom is -0.361 e. The predicted octanol–water partition coefficient (Wildman–Crippen LogP) is 4.79. The van der Waals surface area contributed by atoms with Gasteiger partial charge in [-0.1, -0.05) is 52.3 Å². The van der Waals surface area contributed by atoms with Crippen molar-refractivity contribution in [1.82, 2.24) is 4.98 Å². The summed E-state index contributed by atoms with van der Waals surface area (Å²) in [5, 5.41) is 3.63. The maximum absolute atomic E-state index is 13.4. The molecule has 7 nitrogen and oxygen atoms in total. The van der Waals surface area contributed by atoms with Gasteiger partial charge in [0.1, 0.15) is 6.04 Å². The fourth-order valence-electron chi connectivity index (χ4n) is 3.60. The number of hydrogen-bond acceptors (Lipinski definition) is 3. The third-order valence-corrected chi connectivity index (χ3v) is 6.54. The Balaban J connectivity index is 1.79. The van der Waals surface area contributed by atoms with Gasteiger partial charge >= 0.3 is 10.3 Å². The topological polar surface area (TPSA) is 103 Å². The third-order valence-electron chi connectivity index (χ3n) is 5.04. The SMILES string of the molecule is O=C(Nc1ccccc1)[C@H](Cc1c[nH]c2ccccc12)N(c1ccc(Br)cc1)S(=O)(=O)O. The van der Waals surface area contributed by atoms with Crippen molar-refractivity contribution in [3.8, 4) is 0 Å². The monoisotopic (exact) mass is 513 g/mol. The maximum atomic E-state index is 13.4. The molecule has 32 heavy (non-hydrogen) atoms. The Morgan fingerprint density at radius 2 is 1.66 bits per heavy atom. The van der Waals surface area contributed by atoms with Crippen LogP contribution < -0.4 is 9.62 Å². The lowest BCUT2D eigenvalue weighted by Gasteiger charge is -2.29. The zero-order valence-electron chi connectivity index (χ0n) is 16.8. The Morgan fingerprint density at radius 1 is 1.00 bits per heavy atom. The quantitative estimate of drug-likeness (QED) is 0.309. The van der Waals surface area contributed by atoms with E-state index < -0.39 is 22.3 Å². The highest BCUT2D eigenvalue weighted by Gasteiger charge is 2.35. The summed E-state index contributed by atoms with van der Waals surface area (Å²) in [6.45, 7) is 0. The van der Waals surface area contributed by atoms with Gasteiger partial charge in [-0.15, -0.1) is 0 Å². The molecule has 164 valence electrons. The van der Waals surface area contributed by atoms with Crippen LogP contribution in [0.3, 0.4) is 0 Å². The van der Waals surface area contributed by atoms with E-state index in [0.29, 0.717) is 5.69 Å². The van der Waals surface area contributed by atoms with E-state index in [1.54, 1.807) is 42.6 Å². The van der Waals surface area contributed by atoms with Gasteiger partial charge in [0.05, 0.1) is 5.69 Å². The summed E-state index contributed by atoms with van der Waals surface area (Å²) in [5.41, 5.74) is 2.31. The molecule has 1 amide bonds. The fraction of sp³-hybridized carbons (Fsp3) is 0.0870. The van der Waals surface area contributed by atoms with E-state index >= 15 is 0 Å². The minimum atomic E-state index is -4.78. The van der Waals surface area contributed by atoms with Crippen LogP contribution in [-0.2, 0) is 21.5 Å². The van der Waals surface area contributed by atoms with Crippen LogP contribution in [0.15, 0.2) is 89.5 Å². The first-order valence-corrected chi connectivity index (χ1v) is 12.0. The fourth-order valence-corrected chi connectivity index (χ4v) is 4.74. The van der Waals surface area contributed by atoms with Gasteiger partial charge in [0.15, 0.2) is 0 Å². The normalized spacial score (nSPS) is 12.4. The molecule has 1 aromatic heterocycles. The molecular weight excluding hydrogens is 494 g/mol. The van der Waals surface area contributed by atoms with Crippen LogP contribution in [0.2, 0.25) is 0 Å². The summed E-state index contributed by atoms with van der Waals surface area (Å²) >= 11 is 3.32. The number of halogens is 1. The number of nitrogens with zero attached hydrogens (tertiary/aromatic N) is 1. The molecule has 4 aromatic rings. The molecule has 1 atom stereocenters. The Labute approximate surface area is 194 Å². The van der Waals surface area contributed by atoms with Gasteiger partial charge in [-0.05, 0) is 48.0 Å². The number of carbonyl (C=O) groups is 1. The first-order valence-electron chi connectivity index (χ1n) is 9.76. The average molecular weight is 514 g/mol. The van der Waals surface area contributed by atoms with E-state index in [-0.39, 0.29) is 12.1 Å². The third kappa shape index (κ3) is 4.85. The van der Waals surface area contributed by atoms with Gasteiger partial charge in [-0.3, -0.25) is 9.35 Å². The molecule has 0 aliphatic carbocycles. The van der Waals surface area contributed by atoms with Crippen LogP contribution in [0.1, 0.15) is 5.56 Å². The summed E-state index contributed by atoms with van der Waals surface area (Å²) in [6.07, 6.45) is 1.79. The van der Waals surface area contributed by atoms with E-state index in [1.807, 2.05) is 30.3 Å². The number of rotatable bonds is 7. The van der Waals surface area contributed by atoms with Crippen LogP contribution in [0.4, 0.5) is 11.4 Å². The van der Waals surface area contributed by atoms with Gasteiger partial charge in [0.25, 0.3) is 0 Å². The van der Waals surface area contributed by atoms with E-state index in [4.69, 9.17) is 0 Å². The van der Waals surface area contributed by atoms with Crippen molar-refractivity contribution in [2.45, 2.75) is 12.5 Å². The molecule has 0 aliphatic heterocycles. The molecule has 4 rings (SSSR count). The van der Waals surface area contributed by atoms with Crippen molar-refractivity contribution < 1.29 is 17.8 Å². The zero-order chi connectivity index (χ0) is 22.7. The van der Waals surface area contributed by atoms with Crippen LogP contribution in [0.25, 0.3) is 10.9 Å². The number of amides is 1. The van der Waals surface area contributed by atoms with E-state index in [0.717, 1.165) is 25.2 Å². The number of nitrogens with one attached hydrogen (secondary N) is 2. The molecule has 1 heterocycles. The second-order valence-electron chi connectivity index (χ2n) is 7.18. The molecule has 0 bridgehead atoms. The summed E-state index contributed by atoms with van der Waals surface area (Å²) < 4.78 is 36.6. The second kappa shape index (κ2) is 9.15. The molecule has 3 aromatic carbocycles. The van der Waals surface area contributed by atoms with Crippen molar-refractivity contribution in [1.29, 1.82) is 0 Å².